The zero-order valence-corrected chi connectivity index (χ0v) is 21.8. The summed E-state index contributed by atoms with van der Waals surface area (Å²) in [6, 6.07) is 6.68. The maximum absolute atomic E-state index is 15.5. The van der Waals surface area contributed by atoms with Gasteiger partial charge >= 0.3 is 0 Å². The minimum Gasteiger partial charge on any atom is -0.457 e. The highest BCUT2D eigenvalue weighted by Crippen LogP contribution is 2.33. The Morgan fingerprint density at radius 1 is 1.18 bits per heavy atom. The van der Waals surface area contributed by atoms with E-state index in [4.69, 9.17) is 9.72 Å². The van der Waals surface area contributed by atoms with Crippen LogP contribution in [0.15, 0.2) is 62.0 Å². The summed E-state index contributed by atoms with van der Waals surface area (Å²) in [6.45, 7) is 8.83. The number of benzene rings is 1. The van der Waals surface area contributed by atoms with Gasteiger partial charge in [0.25, 0.3) is 0 Å². The minimum absolute atomic E-state index is 0.0424. The lowest BCUT2D eigenvalue weighted by atomic mass is 10.1. The molecule has 0 unspecified atom stereocenters. The number of carbonyl (C=O) groups excluding carboxylic acids is 1. The van der Waals surface area contributed by atoms with Crippen molar-refractivity contribution in [3.63, 3.8) is 0 Å². The second kappa shape index (κ2) is 10.2. The highest BCUT2D eigenvalue weighted by Gasteiger charge is 2.27. The fourth-order valence-corrected chi connectivity index (χ4v) is 4.66. The predicted molar refractivity (Wildman–Crippen MR) is 146 cm³/mol. The SMILES string of the molecule is C=CC(=O)N1CCN(c2ncc3ncnc(Nc4ccc(Oc5ccn6ncnc6c5)c(C)c4F)c3n2)C[C@@H]1C. The number of nitrogens with zero attached hydrogens (tertiary/aromatic N) is 9. The van der Waals surface area contributed by atoms with Crippen LogP contribution in [0.4, 0.5) is 21.8 Å². The Kier molecular flexibility index (Phi) is 6.38. The number of fused-ring (bicyclic) bond motifs is 2. The average Bonchev–Trinajstić information content (AvgIpc) is 3.44. The molecule has 202 valence electrons. The van der Waals surface area contributed by atoms with Crippen molar-refractivity contribution < 1.29 is 13.9 Å². The number of nitrogens with one attached hydrogen (secondary N) is 1. The Balaban J connectivity index is 1.25. The number of amides is 1. The van der Waals surface area contributed by atoms with Gasteiger partial charge in [-0.2, -0.15) is 5.10 Å². The van der Waals surface area contributed by atoms with Gasteiger partial charge in [0.1, 0.15) is 35.2 Å². The van der Waals surface area contributed by atoms with Gasteiger partial charge in [-0.15, -0.1) is 0 Å². The molecule has 0 saturated carbocycles. The van der Waals surface area contributed by atoms with Crippen molar-refractivity contribution in [3.05, 3.63) is 73.3 Å². The van der Waals surface area contributed by atoms with E-state index in [1.54, 1.807) is 53.0 Å². The van der Waals surface area contributed by atoms with E-state index < -0.39 is 5.82 Å². The molecule has 5 aromatic rings. The largest absolute Gasteiger partial charge is 0.457 e. The molecular weight excluding hydrogens is 515 g/mol. The monoisotopic (exact) mass is 540 g/mol. The second-order valence-electron chi connectivity index (χ2n) is 9.36. The van der Waals surface area contributed by atoms with Gasteiger partial charge in [-0.25, -0.2) is 33.8 Å². The molecule has 1 N–H and O–H groups in total. The summed E-state index contributed by atoms with van der Waals surface area (Å²) in [5.74, 6) is 1.11. The number of hydrogen-bond acceptors (Lipinski definition) is 10. The van der Waals surface area contributed by atoms with Crippen LogP contribution in [0.2, 0.25) is 0 Å². The van der Waals surface area contributed by atoms with E-state index in [1.165, 1.54) is 18.7 Å². The van der Waals surface area contributed by atoms with Gasteiger partial charge in [-0.05, 0) is 38.1 Å². The molecule has 1 amide bonds. The quantitative estimate of drug-likeness (QED) is 0.319. The molecule has 1 aliphatic rings. The average molecular weight is 541 g/mol. The fraction of sp³-hybridized carbons (Fsp3) is 0.222. The first-order chi connectivity index (χ1) is 19.4. The number of anilines is 3. The fourth-order valence-electron chi connectivity index (χ4n) is 4.66. The molecule has 5 heterocycles. The Labute approximate surface area is 228 Å². The molecule has 1 aromatic carbocycles. The standard InChI is InChI=1S/C27H25FN10O2/c1-4-23(39)37-10-9-36(13-16(37)2)27-29-12-20-25(35-27)26(32-14-30-20)34-19-5-6-21(17(3)24(19)28)40-18-7-8-38-22(11-18)31-15-33-38/h4-8,11-12,14-16H,1,9-10,13H2,2-3H3,(H,30,32,34)/t16-/m0/s1. The molecule has 4 aromatic heterocycles. The maximum atomic E-state index is 15.5. The molecule has 0 spiro atoms. The first kappa shape index (κ1) is 25.1. The van der Waals surface area contributed by atoms with Crippen LogP contribution < -0.4 is 15.0 Å². The molecule has 13 heteroatoms. The zero-order valence-electron chi connectivity index (χ0n) is 21.8. The number of carbonyl (C=O) groups is 1. The molecule has 1 aliphatic heterocycles. The molecule has 0 aliphatic carbocycles. The summed E-state index contributed by atoms with van der Waals surface area (Å²) in [4.78, 5) is 37.8. The van der Waals surface area contributed by atoms with E-state index in [-0.39, 0.29) is 17.6 Å². The van der Waals surface area contributed by atoms with Gasteiger partial charge in [-0.1, -0.05) is 6.58 Å². The Morgan fingerprint density at radius 2 is 2.05 bits per heavy atom. The van der Waals surface area contributed by atoms with Crippen molar-refractivity contribution in [1.82, 2.24) is 39.4 Å². The summed E-state index contributed by atoms with van der Waals surface area (Å²) in [7, 11) is 0. The molecule has 12 nitrogen and oxygen atoms in total. The molecule has 1 atom stereocenters. The van der Waals surface area contributed by atoms with Crippen molar-refractivity contribution in [2.45, 2.75) is 19.9 Å². The number of aromatic nitrogens is 7. The molecule has 1 fully saturated rings. The highest BCUT2D eigenvalue weighted by atomic mass is 19.1. The van der Waals surface area contributed by atoms with Crippen molar-refractivity contribution in [3.8, 4) is 11.5 Å². The van der Waals surface area contributed by atoms with Gasteiger partial charge in [0.05, 0.1) is 11.9 Å². The van der Waals surface area contributed by atoms with Crippen LogP contribution in [-0.2, 0) is 4.79 Å². The number of pyridine rings is 1. The van der Waals surface area contributed by atoms with Crippen LogP contribution in [0.25, 0.3) is 16.7 Å². The van der Waals surface area contributed by atoms with Gasteiger partial charge in [0, 0.05) is 43.5 Å². The maximum Gasteiger partial charge on any atom is 0.246 e. The van der Waals surface area contributed by atoms with Crippen molar-refractivity contribution in [2.24, 2.45) is 0 Å². The Morgan fingerprint density at radius 3 is 2.88 bits per heavy atom. The van der Waals surface area contributed by atoms with E-state index >= 15 is 4.39 Å². The van der Waals surface area contributed by atoms with Crippen molar-refractivity contribution in [1.29, 1.82) is 0 Å². The third kappa shape index (κ3) is 4.61. The number of rotatable bonds is 6. The van der Waals surface area contributed by atoms with E-state index in [0.717, 1.165) is 0 Å². The topological polar surface area (TPSA) is 127 Å². The zero-order chi connectivity index (χ0) is 27.8. The molecule has 0 radical (unpaired) electrons. The lowest BCUT2D eigenvalue weighted by Crippen LogP contribution is -2.54. The number of ether oxygens (including phenoxy) is 1. The van der Waals surface area contributed by atoms with E-state index in [9.17, 15) is 4.79 Å². The molecule has 40 heavy (non-hydrogen) atoms. The first-order valence-corrected chi connectivity index (χ1v) is 12.6. The molecular formula is C27H25FN10O2. The van der Waals surface area contributed by atoms with Crippen molar-refractivity contribution >= 4 is 40.0 Å². The summed E-state index contributed by atoms with van der Waals surface area (Å²) in [5, 5.41) is 7.12. The third-order valence-electron chi connectivity index (χ3n) is 6.80. The lowest BCUT2D eigenvalue weighted by molar-refractivity contribution is -0.128. The van der Waals surface area contributed by atoms with Gasteiger partial charge < -0.3 is 19.9 Å². The van der Waals surface area contributed by atoms with Crippen LogP contribution >= 0.6 is 0 Å². The highest BCUT2D eigenvalue weighted by molar-refractivity contribution is 5.88. The van der Waals surface area contributed by atoms with Crippen LogP contribution in [0, 0.1) is 12.7 Å². The van der Waals surface area contributed by atoms with Crippen LogP contribution in [0.3, 0.4) is 0 Å². The minimum atomic E-state index is -0.487. The normalized spacial score (nSPS) is 15.4. The number of halogens is 1. The summed E-state index contributed by atoms with van der Waals surface area (Å²) in [5.41, 5.74) is 2.11. The van der Waals surface area contributed by atoms with Gasteiger partial charge in [0.15, 0.2) is 17.3 Å². The molecule has 1 saturated heterocycles. The Hall–Kier alpha value is -5.20. The second-order valence-corrected chi connectivity index (χ2v) is 9.36. The van der Waals surface area contributed by atoms with Crippen LogP contribution in [-0.4, -0.2) is 71.0 Å². The molecule has 6 rings (SSSR count). The van der Waals surface area contributed by atoms with Crippen molar-refractivity contribution in [2.75, 3.05) is 29.9 Å². The number of piperazine rings is 1. The summed E-state index contributed by atoms with van der Waals surface area (Å²) >= 11 is 0. The first-order valence-electron chi connectivity index (χ1n) is 12.6. The number of hydrogen-bond donors (Lipinski definition) is 1. The van der Waals surface area contributed by atoms with E-state index in [2.05, 4.69) is 36.9 Å². The Bertz CT molecular complexity index is 1760. The predicted octanol–water partition coefficient (Wildman–Crippen LogP) is 3.67. The smallest absolute Gasteiger partial charge is 0.246 e. The van der Waals surface area contributed by atoms with E-state index in [1.807, 2.05) is 11.8 Å². The summed E-state index contributed by atoms with van der Waals surface area (Å²) in [6.07, 6.45) is 7.48. The van der Waals surface area contributed by atoms with Gasteiger partial charge in [-0.3, -0.25) is 4.79 Å². The third-order valence-corrected chi connectivity index (χ3v) is 6.80. The molecule has 0 bridgehead atoms. The van der Waals surface area contributed by atoms with E-state index in [0.29, 0.717) is 65.1 Å². The summed E-state index contributed by atoms with van der Waals surface area (Å²) < 4.78 is 23.0. The van der Waals surface area contributed by atoms with Crippen LogP contribution in [0.5, 0.6) is 11.5 Å². The lowest BCUT2D eigenvalue weighted by Gasteiger charge is -2.39. The van der Waals surface area contributed by atoms with Crippen LogP contribution in [0.1, 0.15) is 12.5 Å². The van der Waals surface area contributed by atoms with Gasteiger partial charge in [0.2, 0.25) is 11.9 Å².